The molecule has 0 saturated heterocycles. The van der Waals surface area contributed by atoms with Gasteiger partial charge in [-0.25, -0.2) is 5.43 Å². The van der Waals surface area contributed by atoms with E-state index in [0.29, 0.717) is 11.3 Å². The third kappa shape index (κ3) is 5.16. The van der Waals surface area contributed by atoms with Gasteiger partial charge in [0.25, 0.3) is 5.91 Å². The zero-order valence-corrected chi connectivity index (χ0v) is 17.7. The monoisotopic (exact) mass is 466 g/mol. The highest BCUT2D eigenvalue weighted by Gasteiger charge is 2.14. The standard InChI is InChI=1S/C19H20Br2N2O2/c1-19(2,3)14-7-5-12(6-8-14)18(24)23-22-11-13-9-15(20)10-16(21)17(13)25-4/h5-11H,1-4H3,(H,23,24). The van der Waals surface area contributed by atoms with Gasteiger partial charge in [-0.3, -0.25) is 4.79 Å². The number of hydrogen-bond acceptors (Lipinski definition) is 3. The van der Waals surface area contributed by atoms with Gasteiger partial charge >= 0.3 is 0 Å². The summed E-state index contributed by atoms with van der Waals surface area (Å²) in [5.74, 6) is 0.389. The van der Waals surface area contributed by atoms with Gasteiger partial charge in [0.05, 0.1) is 17.8 Å². The molecule has 2 aromatic carbocycles. The van der Waals surface area contributed by atoms with Crippen LogP contribution in [0.15, 0.2) is 50.4 Å². The van der Waals surface area contributed by atoms with Gasteiger partial charge in [-0.2, -0.15) is 5.10 Å². The molecule has 0 fully saturated rings. The molecule has 0 saturated carbocycles. The minimum atomic E-state index is -0.260. The first-order chi connectivity index (χ1) is 11.7. The molecule has 1 N–H and O–H groups in total. The van der Waals surface area contributed by atoms with E-state index in [4.69, 9.17) is 4.74 Å². The maximum absolute atomic E-state index is 12.2. The van der Waals surface area contributed by atoms with Crippen LogP contribution in [0.4, 0.5) is 0 Å². The molecule has 4 nitrogen and oxygen atoms in total. The first kappa shape index (κ1) is 19.7. The van der Waals surface area contributed by atoms with E-state index >= 15 is 0 Å². The fourth-order valence-electron chi connectivity index (χ4n) is 2.24. The minimum absolute atomic E-state index is 0.0534. The van der Waals surface area contributed by atoms with E-state index in [1.807, 2.05) is 36.4 Å². The maximum Gasteiger partial charge on any atom is 0.271 e. The molecule has 0 heterocycles. The number of halogens is 2. The van der Waals surface area contributed by atoms with Gasteiger partial charge in [0.15, 0.2) is 0 Å². The fourth-order valence-corrected chi connectivity index (χ4v) is 3.66. The third-order valence-corrected chi connectivity index (χ3v) is 4.67. The molecule has 0 aliphatic heterocycles. The Kier molecular flexibility index (Phi) is 6.41. The summed E-state index contributed by atoms with van der Waals surface area (Å²) in [6, 6.07) is 11.3. The lowest BCUT2D eigenvalue weighted by Gasteiger charge is -2.18. The van der Waals surface area contributed by atoms with Crippen molar-refractivity contribution in [3.63, 3.8) is 0 Å². The number of carbonyl (C=O) groups excluding carboxylic acids is 1. The van der Waals surface area contributed by atoms with Crippen LogP contribution < -0.4 is 10.2 Å². The van der Waals surface area contributed by atoms with Crippen molar-refractivity contribution < 1.29 is 9.53 Å². The van der Waals surface area contributed by atoms with Crippen LogP contribution in [-0.4, -0.2) is 19.2 Å². The Bertz CT molecular complexity index is 794. The lowest BCUT2D eigenvalue weighted by atomic mass is 9.87. The van der Waals surface area contributed by atoms with Crippen molar-refractivity contribution in [1.82, 2.24) is 5.43 Å². The zero-order valence-electron chi connectivity index (χ0n) is 14.6. The molecule has 1 amide bonds. The summed E-state index contributed by atoms with van der Waals surface area (Å²) < 4.78 is 7.03. The average molecular weight is 468 g/mol. The molecule has 0 unspecified atom stereocenters. The normalized spacial score (nSPS) is 11.6. The zero-order chi connectivity index (χ0) is 18.6. The van der Waals surface area contributed by atoms with Crippen LogP contribution in [0.2, 0.25) is 0 Å². The number of ether oxygens (including phenoxy) is 1. The predicted octanol–water partition coefficient (Wildman–Crippen LogP) is 5.28. The van der Waals surface area contributed by atoms with E-state index in [2.05, 4.69) is 63.2 Å². The third-order valence-electron chi connectivity index (χ3n) is 3.62. The van der Waals surface area contributed by atoms with Crippen molar-refractivity contribution in [2.24, 2.45) is 5.10 Å². The quantitative estimate of drug-likeness (QED) is 0.491. The lowest BCUT2D eigenvalue weighted by molar-refractivity contribution is 0.0955. The number of nitrogens with zero attached hydrogens (tertiary/aromatic N) is 1. The van der Waals surface area contributed by atoms with Crippen LogP contribution in [0, 0.1) is 0 Å². The summed E-state index contributed by atoms with van der Waals surface area (Å²) in [6.07, 6.45) is 1.55. The average Bonchev–Trinajstić information content (AvgIpc) is 2.53. The fraction of sp³-hybridized carbons (Fsp3) is 0.263. The molecule has 0 atom stereocenters. The number of hydrazone groups is 1. The summed E-state index contributed by atoms with van der Waals surface area (Å²) in [5, 5.41) is 4.03. The molecule has 0 bridgehead atoms. The van der Waals surface area contributed by atoms with Crippen LogP contribution in [0.5, 0.6) is 5.75 Å². The number of benzene rings is 2. The number of methoxy groups -OCH3 is 1. The van der Waals surface area contributed by atoms with Crippen molar-refractivity contribution in [1.29, 1.82) is 0 Å². The molecule has 6 heteroatoms. The van der Waals surface area contributed by atoms with Crippen LogP contribution in [0.25, 0.3) is 0 Å². The molecule has 0 aliphatic rings. The molecule has 25 heavy (non-hydrogen) atoms. The Hall–Kier alpha value is -1.66. The molecule has 0 aliphatic carbocycles. The summed E-state index contributed by atoms with van der Waals surface area (Å²) in [7, 11) is 1.58. The van der Waals surface area contributed by atoms with Crippen molar-refractivity contribution >= 4 is 44.0 Å². The molecular weight excluding hydrogens is 448 g/mol. The number of amides is 1. The number of nitrogens with one attached hydrogen (secondary N) is 1. The first-order valence-electron chi connectivity index (χ1n) is 7.69. The molecule has 0 spiro atoms. The van der Waals surface area contributed by atoms with E-state index in [1.165, 1.54) is 5.56 Å². The topological polar surface area (TPSA) is 50.7 Å². The Labute approximate surface area is 164 Å². The molecule has 0 radical (unpaired) electrons. The number of hydrogen-bond donors (Lipinski definition) is 1. The Balaban J connectivity index is 2.11. The lowest BCUT2D eigenvalue weighted by Crippen LogP contribution is -2.18. The van der Waals surface area contributed by atoms with Crippen molar-refractivity contribution in [3.8, 4) is 5.75 Å². The van der Waals surface area contributed by atoms with Gasteiger partial charge in [0.2, 0.25) is 0 Å². The van der Waals surface area contributed by atoms with E-state index in [9.17, 15) is 4.79 Å². The van der Waals surface area contributed by atoms with Gasteiger partial charge in [-0.05, 0) is 51.2 Å². The second-order valence-corrected chi connectivity index (χ2v) is 8.31. The number of carbonyl (C=O) groups is 1. The Morgan fingerprint density at radius 1 is 1.16 bits per heavy atom. The van der Waals surface area contributed by atoms with Gasteiger partial charge in [0.1, 0.15) is 5.75 Å². The van der Waals surface area contributed by atoms with E-state index < -0.39 is 0 Å². The SMILES string of the molecule is COc1c(Br)cc(Br)cc1C=NNC(=O)c1ccc(C(C)(C)C)cc1. The van der Waals surface area contributed by atoms with Crippen LogP contribution >= 0.6 is 31.9 Å². The van der Waals surface area contributed by atoms with Gasteiger partial charge < -0.3 is 4.74 Å². The predicted molar refractivity (Wildman–Crippen MR) is 109 cm³/mol. The molecular formula is C19H20Br2N2O2. The summed E-state index contributed by atoms with van der Waals surface area (Å²) in [6.45, 7) is 6.40. The number of rotatable bonds is 4. The highest BCUT2D eigenvalue weighted by atomic mass is 79.9. The second kappa shape index (κ2) is 8.15. The van der Waals surface area contributed by atoms with Crippen molar-refractivity contribution in [2.45, 2.75) is 26.2 Å². The van der Waals surface area contributed by atoms with Crippen LogP contribution in [-0.2, 0) is 5.41 Å². The Morgan fingerprint density at radius 3 is 2.36 bits per heavy atom. The largest absolute Gasteiger partial charge is 0.495 e. The van der Waals surface area contributed by atoms with Crippen LogP contribution in [0.1, 0.15) is 42.3 Å². The Morgan fingerprint density at radius 2 is 1.80 bits per heavy atom. The molecule has 2 aromatic rings. The van der Waals surface area contributed by atoms with Gasteiger partial charge in [-0.1, -0.05) is 48.8 Å². The highest BCUT2D eigenvalue weighted by Crippen LogP contribution is 2.31. The van der Waals surface area contributed by atoms with Gasteiger partial charge in [-0.15, -0.1) is 0 Å². The van der Waals surface area contributed by atoms with Crippen molar-refractivity contribution in [2.75, 3.05) is 7.11 Å². The summed E-state index contributed by atoms with van der Waals surface area (Å²) >= 11 is 6.86. The first-order valence-corrected chi connectivity index (χ1v) is 9.28. The smallest absolute Gasteiger partial charge is 0.271 e. The van der Waals surface area contributed by atoms with E-state index in [1.54, 1.807) is 13.3 Å². The van der Waals surface area contributed by atoms with Crippen LogP contribution in [0.3, 0.4) is 0 Å². The molecule has 132 valence electrons. The molecule has 0 aromatic heterocycles. The van der Waals surface area contributed by atoms with E-state index in [-0.39, 0.29) is 11.3 Å². The highest BCUT2D eigenvalue weighted by molar-refractivity contribution is 9.11. The van der Waals surface area contributed by atoms with Crippen molar-refractivity contribution in [3.05, 3.63) is 62.0 Å². The van der Waals surface area contributed by atoms with E-state index in [0.717, 1.165) is 14.5 Å². The molecule has 2 rings (SSSR count). The maximum atomic E-state index is 12.2. The minimum Gasteiger partial charge on any atom is -0.495 e. The second-order valence-electron chi connectivity index (χ2n) is 6.54. The summed E-state index contributed by atoms with van der Waals surface area (Å²) in [5.41, 5.74) is 5.08. The summed E-state index contributed by atoms with van der Waals surface area (Å²) in [4.78, 5) is 12.2. The van der Waals surface area contributed by atoms with Gasteiger partial charge in [0, 0.05) is 15.6 Å².